The van der Waals surface area contributed by atoms with Gasteiger partial charge in [-0.15, -0.1) is 0 Å². The smallest absolute Gasteiger partial charge is 0.151 e. The monoisotopic (exact) mass is 748 g/mol. The summed E-state index contributed by atoms with van der Waals surface area (Å²) >= 11 is 0. The summed E-state index contributed by atoms with van der Waals surface area (Å²) in [6.45, 7) is 9.32. The van der Waals surface area contributed by atoms with Crippen molar-refractivity contribution in [1.29, 1.82) is 0 Å². The predicted octanol–water partition coefficient (Wildman–Crippen LogP) is 15.1. The van der Waals surface area contributed by atoms with Crippen LogP contribution in [0, 0.1) is 0 Å². The van der Waals surface area contributed by atoms with E-state index in [-0.39, 0.29) is 10.8 Å². The number of nitrogens with zero attached hydrogens (tertiary/aromatic N) is 2. The summed E-state index contributed by atoms with van der Waals surface area (Å²) in [5.74, 6) is 3.57. The molecule has 0 atom stereocenters. The van der Waals surface area contributed by atoms with Gasteiger partial charge in [-0.1, -0.05) is 137 Å². The fourth-order valence-electron chi connectivity index (χ4n) is 9.94. The Balaban J connectivity index is 0.855. The highest BCUT2D eigenvalue weighted by Gasteiger charge is 2.43. The topological polar surface area (TPSA) is 24.9 Å². The predicted molar refractivity (Wildman–Crippen MR) is 237 cm³/mol. The third-order valence-electron chi connectivity index (χ3n) is 13.0. The van der Waals surface area contributed by atoms with Crippen molar-refractivity contribution < 1.29 is 9.47 Å². The Labute approximate surface area is 339 Å². The Kier molecular flexibility index (Phi) is 6.71. The number of benzene rings is 8. The molecule has 4 nitrogen and oxygen atoms in total. The van der Waals surface area contributed by atoms with E-state index in [2.05, 4.69) is 195 Å². The molecule has 4 aliphatic heterocycles. The number of hydrogen-bond donors (Lipinski definition) is 0. The molecule has 0 fully saturated rings. The van der Waals surface area contributed by atoms with Gasteiger partial charge in [-0.2, -0.15) is 0 Å². The first-order chi connectivity index (χ1) is 28.3. The van der Waals surface area contributed by atoms with Gasteiger partial charge in [0.1, 0.15) is 0 Å². The SMILES string of the molecule is CC1(C)c2cc(-c3ccc(-c4ccc(-c5ccc6c(c5)C(C)(C)c5cccc7c5N6c5ccccc5O7)cc4)cc3)ccc2N2c3ccccc3Oc3cccc1c32. The Morgan fingerprint density at radius 1 is 0.310 bits per heavy atom. The molecule has 0 aromatic heterocycles. The van der Waals surface area contributed by atoms with Crippen molar-refractivity contribution >= 4 is 34.1 Å². The molecule has 8 aromatic rings. The maximum atomic E-state index is 6.42. The quantitative estimate of drug-likeness (QED) is 0.180. The maximum absolute atomic E-state index is 6.42. The van der Waals surface area contributed by atoms with Crippen molar-refractivity contribution in [3.63, 3.8) is 0 Å². The Morgan fingerprint density at radius 2 is 0.655 bits per heavy atom. The molecule has 4 heterocycles. The average molecular weight is 749 g/mol. The highest BCUT2D eigenvalue weighted by molar-refractivity contribution is 5.95. The molecule has 0 spiro atoms. The van der Waals surface area contributed by atoms with E-state index in [1.54, 1.807) is 0 Å². The maximum Gasteiger partial charge on any atom is 0.151 e. The van der Waals surface area contributed by atoms with E-state index in [1.807, 2.05) is 12.1 Å². The minimum absolute atomic E-state index is 0.208. The van der Waals surface area contributed by atoms with Crippen molar-refractivity contribution in [2.24, 2.45) is 0 Å². The molecule has 0 N–H and O–H groups in total. The van der Waals surface area contributed by atoms with E-state index in [4.69, 9.17) is 9.47 Å². The molecule has 4 heteroatoms. The van der Waals surface area contributed by atoms with Crippen molar-refractivity contribution in [2.45, 2.75) is 38.5 Å². The van der Waals surface area contributed by atoms with Crippen molar-refractivity contribution in [3.05, 3.63) is 192 Å². The third kappa shape index (κ3) is 4.57. The zero-order valence-electron chi connectivity index (χ0n) is 32.9. The van der Waals surface area contributed by atoms with E-state index in [0.717, 1.165) is 45.7 Å². The molecule has 0 aliphatic carbocycles. The van der Waals surface area contributed by atoms with Crippen LogP contribution in [0.4, 0.5) is 34.1 Å². The summed E-state index contributed by atoms with van der Waals surface area (Å²) in [5, 5.41) is 0. The first-order valence-corrected chi connectivity index (χ1v) is 20.2. The van der Waals surface area contributed by atoms with Crippen LogP contribution >= 0.6 is 0 Å². The highest BCUT2D eigenvalue weighted by Crippen LogP contribution is 2.61. The number of hydrogen-bond acceptors (Lipinski definition) is 4. The van der Waals surface area contributed by atoms with Gasteiger partial charge in [0.2, 0.25) is 0 Å². The summed E-state index contributed by atoms with van der Waals surface area (Å²) in [6.07, 6.45) is 0. The van der Waals surface area contributed by atoms with Gasteiger partial charge >= 0.3 is 0 Å². The highest BCUT2D eigenvalue weighted by atomic mass is 16.5. The standard InChI is InChI=1S/C54H40N2O2/c1-53(2)39-11-9-17-49-51(39)55(45-13-5-7-15-47(45)57-49)43-29-27-37(31-41(43)53)35-23-19-33(20-24-35)34-21-25-36(26-22-34)38-28-30-44-42(32-38)54(3,4)40-12-10-18-50-52(40)56(44)46-14-6-8-16-48(46)58-50/h5-32H,1-4H3. The second-order valence-electron chi connectivity index (χ2n) is 17.0. The Hall–Kier alpha value is -7.04. The van der Waals surface area contributed by atoms with E-state index in [1.165, 1.54) is 67.0 Å². The van der Waals surface area contributed by atoms with Crippen LogP contribution in [0.1, 0.15) is 49.9 Å². The van der Waals surface area contributed by atoms with Crippen LogP contribution in [0.15, 0.2) is 170 Å². The van der Waals surface area contributed by atoms with Crippen LogP contribution < -0.4 is 19.3 Å². The lowest BCUT2D eigenvalue weighted by Crippen LogP contribution is -2.32. The van der Waals surface area contributed by atoms with Crippen LogP contribution in [0.25, 0.3) is 33.4 Å². The largest absolute Gasteiger partial charge is 0.453 e. The van der Waals surface area contributed by atoms with E-state index < -0.39 is 0 Å². The van der Waals surface area contributed by atoms with Gasteiger partial charge in [-0.25, -0.2) is 0 Å². The number of para-hydroxylation sites is 6. The zero-order chi connectivity index (χ0) is 38.9. The number of ether oxygens (including phenoxy) is 2. The van der Waals surface area contributed by atoms with Crippen LogP contribution in [0.3, 0.4) is 0 Å². The van der Waals surface area contributed by atoms with Crippen molar-refractivity contribution in [3.8, 4) is 56.4 Å². The van der Waals surface area contributed by atoms with Crippen LogP contribution in [-0.2, 0) is 10.8 Å². The molecule has 0 saturated carbocycles. The normalized spacial score (nSPS) is 15.4. The van der Waals surface area contributed by atoms with Gasteiger partial charge in [0.15, 0.2) is 23.0 Å². The molecule has 0 amide bonds. The minimum Gasteiger partial charge on any atom is -0.453 e. The van der Waals surface area contributed by atoms with E-state index >= 15 is 0 Å². The zero-order valence-corrected chi connectivity index (χ0v) is 32.9. The molecule has 0 unspecified atom stereocenters. The minimum atomic E-state index is -0.208. The Bertz CT molecular complexity index is 2810. The van der Waals surface area contributed by atoms with E-state index in [9.17, 15) is 0 Å². The fourth-order valence-corrected chi connectivity index (χ4v) is 9.94. The summed E-state index contributed by atoms with van der Waals surface area (Å²) in [7, 11) is 0. The number of anilines is 6. The fraction of sp³-hybridized carbons (Fsp3) is 0.111. The summed E-state index contributed by atoms with van der Waals surface area (Å²) < 4.78 is 12.8. The van der Waals surface area contributed by atoms with Gasteiger partial charge in [0, 0.05) is 10.8 Å². The molecule has 8 aromatic carbocycles. The molecule has 58 heavy (non-hydrogen) atoms. The van der Waals surface area contributed by atoms with Crippen LogP contribution in [0.2, 0.25) is 0 Å². The molecular weight excluding hydrogens is 709 g/mol. The second-order valence-corrected chi connectivity index (χ2v) is 17.0. The summed E-state index contributed by atoms with van der Waals surface area (Å²) in [5.41, 5.74) is 18.8. The van der Waals surface area contributed by atoms with Crippen molar-refractivity contribution in [1.82, 2.24) is 0 Å². The Morgan fingerprint density at radius 3 is 1.07 bits per heavy atom. The molecule has 0 saturated heterocycles. The molecule has 0 bridgehead atoms. The van der Waals surface area contributed by atoms with E-state index in [0.29, 0.717) is 0 Å². The molecule has 12 rings (SSSR count). The van der Waals surface area contributed by atoms with Gasteiger partial charge in [0.25, 0.3) is 0 Å². The lowest BCUT2D eigenvalue weighted by Gasteiger charge is -2.45. The van der Waals surface area contributed by atoms with Gasteiger partial charge in [-0.05, 0) is 116 Å². The molecule has 278 valence electrons. The third-order valence-corrected chi connectivity index (χ3v) is 13.0. The summed E-state index contributed by atoms with van der Waals surface area (Å²) in [6, 6.07) is 61.5. The van der Waals surface area contributed by atoms with Gasteiger partial charge in [-0.3, -0.25) is 0 Å². The average Bonchev–Trinajstić information content (AvgIpc) is 3.26. The molecule has 0 radical (unpaired) electrons. The first-order valence-electron chi connectivity index (χ1n) is 20.2. The number of fused-ring (bicyclic) bond motifs is 8. The second kappa shape index (κ2) is 11.7. The lowest BCUT2D eigenvalue weighted by molar-refractivity contribution is 0.471. The first kappa shape index (κ1) is 33.1. The van der Waals surface area contributed by atoms with Crippen molar-refractivity contribution in [2.75, 3.05) is 9.80 Å². The van der Waals surface area contributed by atoms with Gasteiger partial charge < -0.3 is 19.3 Å². The number of rotatable bonds is 3. The molecular formula is C54H40N2O2. The lowest BCUT2D eigenvalue weighted by atomic mass is 9.72. The van der Waals surface area contributed by atoms with Crippen LogP contribution in [0.5, 0.6) is 23.0 Å². The molecule has 4 aliphatic rings. The van der Waals surface area contributed by atoms with Gasteiger partial charge in [0.05, 0.1) is 34.1 Å². The van der Waals surface area contributed by atoms with Crippen LogP contribution in [-0.4, -0.2) is 0 Å². The summed E-state index contributed by atoms with van der Waals surface area (Å²) in [4.78, 5) is 4.78.